The SMILES string of the molecule is Cc1cccc(NC(=O)c2ccccc2NC(=O)CCN2C(=O)[C@H]3CCCC[C@@H]3C2=O)c1. The number of fused-ring (bicyclic) bond motifs is 1. The van der Waals surface area contributed by atoms with Crippen LogP contribution in [0.15, 0.2) is 48.5 Å². The van der Waals surface area contributed by atoms with Gasteiger partial charge in [-0.3, -0.25) is 24.1 Å². The maximum atomic E-state index is 12.8. The molecule has 0 unspecified atom stereocenters. The molecule has 2 N–H and O–H groups in total. The predicted molar refractivity (Wildman–Crippen MR) is 121 cm³/mol. The third-order valence-corrected chi connectivity index (χ3v) is 6.22. The molecule has 166 valence electrons. The molecule has 2 fully saturated rings. The van der Waals surface area contributed by atoms with E-state index in [1.54, 1.807) is 30.3 Å². The number of benzene rings is 2. The number of aryl methyl sites for hydroxylation is 1. The molecule has 1 aliphatic carbocycles. The lowest BCUT2D eigenvalue weighted by molar-refractivity contribution is -0.140. The Kier molecular flexibility index (Phi) is 6.35. The van der Waals surface area contributed by atoms with Crippen LogP contribution in [0.4, 0.5) is 11.4 Å². The number of carbonyl (C=O) groups is 4. The summed E-state index contributed by atoms with van der Waals surface area (Å²) in [5, 5.41) is 5.60. The summed E-state index contributed by atoms with van der Waals surface area (Å²) in [5.74, 6) is -1.41. The zero-order valence-corrected chi connectivity index (χ0v) is 18.1. The molecule has 32 heavy (non-hydrogen) atoms. The summed E-state index contributed by atoms with van der Waals surface area (Å²) in [4.78, 5) is 51.8. The maximum absolute atomic E-state index is 12.8. The molecule has 0 bridgehead atoms. The van der Waals surface area contributed by atoms with E-state index in [0.717, 1.165) is 31.2 Å². The maximum Gasteiger partial charge on any atom is 0.257 e. The Morgan fingerprint density at radius 1 is 0.938 bits per heavy atom. The molecule has 7 heteroatoms. The first kappa shape index (κ1) is 21.7. The van der Waals surface area contributed by atoms with Gasteiger partial charge in [0.05, 0.1) is 23.1 Å². The van der Waals surface area contributed by atoms with Crippen molar-refractivity contribution < 1.29 is 19.2 Å². The van der Waals surface area contributed by atoms with Crippen molar-refractivity contribution in [3.8, 4) is 0 Å². The van der Waals surface area contributed by atoms with Gasteiger partial charge < -0.3 is 10.6 Å². The highest BCUT2D eigenvalue weighted by molar-refractivity contribution is 6.10. The van der Waals surface area contributed by atoms with Crippen LogP contribution in [0, 0.1) is 18.8 Å². The summed E-state index contributed by atoms with van der Waals surface area (Å²) in [5.41, 5.74) is 2.41. The van der Waals surface area contributed by atoms with Gasteiger partial charge in [0.15, 0.2) is 0 Å². The molecule has 2 aromatic rings. The highest BCUT2D eigenvalue weighted by atomic mass is 16.2. The van der Waals surface area contributed by atoms with Gasteiger partial charge in [-0.25, -0.2) is 0 Å². The van der Waals surface area contributed by atoms with Crippen LogP contribution in [0.3, 0.4) is 0 Å². The monoisotopic (exact) mass is 433 g/mol. The standard InChI is InChI=1S/C25H27N3O4/c1-16-7-6-8-17(15-16)26-23(30)20-11-4-5-12-21(20)27-22(29)13-14-28-24(31)18-9-2-3-10-19(18)25(28)32/h4-8,11-12,15,18-19H,2-3,9-10,13-14H2,1H3,(H,26,30)(H,27,29)/t18-,19-/m0/s1. The zero-order valence-electron chi connectivity index (χ0n) is 18.1. The van der Waals surface area contributed by atoms with Crippen LogP contribution in [0.2, 0.25) is 0 Å². The Bertz CT molecular complexity index is 1040. The first-order chi connectivity index (χ1) is 15.4. The molecule has 2 aliphatic rings. The van der Waals surface area contributed by atoms with Gasteiger partial charge in [-0.05, 0) is 49.6 Å². The molecule has 0 aromatic heterocycles. The molecule has 4 rings (SSSR count). The highest BCUT2D eigenvalue weighted by Crippen LogP contribution is 2.38. The zero-order chi connectivity index (χ0) is 22.7. The van der Waals surface area contributed by atoms with E-state index >= 15 is 0 Å². The van der Waals surface area contributed by atoms with Gasteiger partial charge in [-0.2, -0.15) is 0 Å². The first-order valence-corrected chi connectivity index (χ1v) is 11.1. The number of nitrogens with zero attached hydrogens (tertiary/aromatic N) is 1. The van der Waals surface area contributed by atoms with E-state index in [1.807, 2.05) is 25.1 Å². The number of likely N-dealkylation sites (tertiary alicyclic amines) is 1. The Labute approximate surface area is 187 Å². The second kappa shape index (κ2) is 9.34. The van der Waals surface area contributed by atoms with Crippen molar-refractivity contribution in [1.82, 2.24) is 4.90 Å². The minimum Gasteiger partial charge on any atom is -0.325 e. The smallest absolute Gasteiger partial charge is 0.257 e. The van der Waals surface area contributed by atoms with Gasteiger partial charge in [-0.15, -0.1) is 0 Å². The average molecular weight is 434 g/mol. The van der Waals surface area contributed by atoms with Gasteiger partial charge in [0.2, 0.25) is 17.7 Å². The van der Waals surface area contributed by atoms with Crippen LogP contribution < -0.4 is 10.6 Å². The van der Waals surface area contributed by atoms with Gasteiger partial charge in [0, 0.05) is 18.7 Å². The fraction of sp³-hybridized carbons (Fsp3) is 0.360. The van der Waals surface area contributed by atoms with Crippen molar-refractivity contribution in [3.05, 3.63) is 59.7 Å². The van der Waals surface area contributed by atoms with Gasteiger partial charge in [0.25, 0.3) is 5.91 Å². The lowest BCUT2D eigenvalue weighted by Gasteiger charge is -2.19. The Balaban J connectivity index is 1.38. The van der Waals surface area contributed by atoms with Crippen molar-refractivity contribution >= 4 is 35.0 Å². The number of nitrogens with one attached hydrogen (secondary N) is 2. The highest BCUT2D eigenvalue weighted by Gasteiger charge is 2.47. The minimum absolute atomic E-state index is 0.00917. The van der Waals surface area contributed by atoms with Gasteiger partial charge >= 0.3 is 0 Å². The predicted octanol–water partition coefficient (Wildman–Crippen LogP) is 3.75. The molecular weight excluding hydrogens is 406 g/mol. The van der Waals surface area contributed by atoms with Gasteiger partial charge in [0.1, 0.15) is 0 Å². The van der Waals surface area contributed by atoms with E-state index in [-0.39, 0.29) is 48.4 Å². The van der Waals surface area contributed by atoms with Crippen LogP contribution >= 0.6 is 0 Å². The molecule has 7 nitrogen and oxygen atoms in total. The summed E-state index contributed by atoms with van der Waals surface area (Å²) in [6.45, 7) is 2.00. The summed E-state index contributed by atoms with van der Waals surface area (Å²) in [6.07, 6.45) is 3.43. The molecule has 1 saturated carbocycles. The fourth-order valence-electron chi connectivity index (χ4n) is 4.59. The topological polar surface area (TPSA) is 95.6 Å². The number of amides is 4. The summed E-state index contributed by atoms with van der Waals surface area (Å²) in [6, 6.07) is 14.2. The van der Waals surface area contributed by atoms with E-state index in [4.69, 9.17) is 0 Å². The lowest BCUT2D eigenvalue weighted by atomic mass is 9.81. The van der Waals surface area contributed by atoms with E-state index in [2.05, 4.69) is 10.6 Å². The fourth-order valence-corrected chi connectivity index (χ4v) is 4.59. The van der Waals surface area contributed by atoms with Crippen LogP contribution in [0.1, 0.15) is 48.0 Å². The summed E-state index contributed by atoms with van der Waals surface area (Å²) < 4.78 is 0. The van der Waals surface area contributed by atoms with E-state index in [0.29, 0.717) is 16.9 Å². The number of imide groups is 1. The van der Waals surface area contributed by atoms with E-state index in [9.17, 15) is 19.2 Å². The summed E-state index contributed by atoms with van der Waals surface area (Å²) in [7, 11) is 0. The Morgan fingerprint density at radius 3 is 2.31 bits per heavy atom. The van der Waals surface area contributed by atoms with E-state index < -0.39 is 0 Å². The number of hydrogen-bond donors (Lipinski definition) is 2. The number of para-hydroxylation sites is 1. The first-order valence-electron chi connectivity index (χ1n) is 11.1. The third-order valence-electron chi connectivity index (χ3n) is 6.22. The van der Waals surface area contributed by atoms with Crippen LogP contribution in [-0.4, -0.2) is 35.1 Å². The number of anilines is 2. The second-order valence-corrected chi connectivity index (χ2v) is 8.49. The largest absolute Gasteiger partial charge is 0.325 e. The molecule has 1 heterocycles. The van der Waals surface area contributed by atoms with Crippen LogP contribution in [0.25, 0.3) is 0 Å². The molecule has 0 radical (unpaired) electrons. The number of rotatable bonds is 6. The molecule has 1 aliphatic heterocycles. The van der Waals surface area contributed by atoms with E-state index in [1.165, 1.54) is 4.90 Å². The van der Waals surface area contributed by atoms with Crippen molar-refractivity contribution in [2.45, 2.75) is 39.0 Å². The molecule has 0 spiro atoms. The molecule has 2 aromatic carbocycles. The quantitative estimate of drug-likeness (QED) is 0.678. The third kappa shape index (κ3) is 4.56. The van der Waals surface area contributed by atoms with Crippen molar-refractivity contribution in [3.63, 3.8) is 0 Å². The summed E-state index contributed by atoms with van der Waals surface area (Å²) >= 11 is 0. The molecule has 4 amide bonds. The van der Waals surface area contributed by atoms with Crippen LogP contribution in [0.5, 0.6) is 0 Å². The number of hydrogen-bond acceptors (Lipinski definition) is 4. The average Bonchev–Trinajstić information content (AvgIpc) is 3.02. The number of carbonyl (C=O) groups excluding carboxylic acids is 4. The Hall–Kier alpha value is -3.48. The van der Waals surface area contributed by atoms with Crippen molar-refractivity contribution in [2.75, 3.05) is 17.2 Å². The molecule has 2 atom stereocenters. The lowest BCUT2D eigenvalue weighted by Crippen LogP contribution is -2.34. The van der Waals surface area contributed by atoms with Crippen molar-refractivity contribution in [1.29, 1.82) is 0 Å². The second-order valence-electron chi connectivity index (χ2n) is 8.49. The minimum atomic E-state index is -0.351. The Morgan fingerprint density at radius 2 is 1.62 bits per heavy atom. The van der Waals surface area contributed by atoms with Crippen LogP contribution in [-0.2, 0) is 14.4 Å². The molecule has 1 saturated heterocycles. The molecular formula is C25H27N3O4. The van der Waals surface area contributed by atoms with Gasteiger partial charge in [-0.1, -0.05) is 37.1 Å². The van der Waals surface area contributed by atoms with Crippen molar-refractivity contribution in [2.24, 2.45) is 11.8 Å². The normalized spacial score (nSPS) is 20.1.